The molecule has 3 N–H and O–H groups in total. The Bertz CT molecular complexity index is 1610. The largest absolute Gasteiger partial charge is 0.465 e. The summed E-state index contributed by atoms with van der Waals surface area (Å²) in [5, 5.41) is 15.8. The topological polar surface area (TPSA) is 137 Å². The summed E-state index contributed by atoms with van der Waals surface area (Å²) < 4.78 is 5.88. The lowest BCUT2D eigenvalue weighted by Gasteiger charge is -2.31. The second-order valence-electron chi connectivity index (χ2n) is 9.35. The summed E-state index contributed by atoms with van der Waals surface area (Å²) in [6.07, 6.45) is 3.49. The zero-order valence-corrected chi connectivity index (χ0v) is 21.7. The second-order valence-corrected chi connectivity index (χ2v) is 10.3. The van der Waals surface area contributed by atoms with E-state index in [0.29, 0.717) is 63.2 Å². The molecule has 39 heavy (non-hydrogen) atoms. The minimum Gasteiger partial charge on any atom is -0.465 e. The first-order chi connectivity index (χ1) is 18.9. The third kappa shape index (κ3) is 4.59. The number of likely N-dealkylation sites (tertiary alicyclic amines) is 1. The van der Waals surface area contributed by atoms with Gasteiger partial charge in [0.05, 0.1) is 23.0 Å². The molecule has 0 radical (unpaired) electrons. The monoisotopic (exact) mass is 544 g/mol. The summed E-state index contributed by atoms with van der Waals surface area (Å²) >= 11 is 1.18. The number of aryl methyl sites for hydroxylation is 1. The van der Waals surface area contributed by atoms with Gasteiger partial charge in [-0.05, 0) is 49.6 Å². The van der Waals surface area contributed by atoms with Crippen LogP contribution in [0.25, 0.3) is 10.2 Å². The third-order valence-electron chi connectivity index (χ3n) is 6.70. The number of nitrogens with zero attached hydrogens (tertiary/aromatic N) is 4. The standard InChI is InChI=1S/C27H24N6O5S/c1-15-12-18(38-17-7-3-2-4-8-17)13-29-23(15)33-19-9-10-28-25-20(19)21(31-26(33)35)22(39-25)24(34)30-16-6-5-11-32(14-16)27(36)37/h2-4,7-10,12-13,16H,5-6,11,14H2,1H3,(H,30,34)(H,31,35)(H,36,37). The number of para-hydroxylation sites is 1. The van der Waals surface area contributed by atoms with E-state index < -0.39 is 12.1 Å². The lowest BCUT2D eigenvalue weighted by molar-refractivity contribution is 0.0893. The van der Waals surface area contributed by atoms with E-state index in [2.05, 4.69) is 20.6 Å². The normalized spacial score (nSPS) is 16.6. The molecule has 0 bridgehead atoms. The zero-order chi connectivity index (χ0) is 27.1. The number of urea groups is 1. The molecule has 198 valence electrons. The van der Waals surface area contributed by atoms with Crippen molar-refractivity contribution in [1.29, 1.82) is 0 Å². The first-order valence-electron chi connectivity index (χ1n) is 12.4. The number of anilines is 3. The molecular formula is C27H24N6O5S. The number of carboxylic acid groups (broad SMARTS) is 1. The molecule has 11 nitrogen and oxygen atoms in total. The van der Waals surface area contributed by atoms with Gasteiger partial charge >= 0.3 is 12.1 Å². The summed E-state index contributed by atoms with van der Waals surface area (Å²) in [6.45, 7) is 2.51. The van der Waals surface area contributed by atoms with Gasteiger partial charge in [-0.3, -0.25) is 4.79 Å². The number of aromatic nitrogens is 2. The lowest BCUT2D eigenvalue weighted by atomic mass is 10.1. The van der Waals surface area contributed by atoms with Crippen LogP contribution in [-0.2, 0) is 0 Å². The quantitative estimate of drug-likeness (QED) is 0.308. The molecule has 1 unspecified atom stereocenters. The van der Waals surface area contributed by atoms with Crippen LogP contribution in [0.3, 0.4) is 0 Å². The number of carbonyl (C=O) groups is 3. The third-order valence-corrected chi connectivity index (χ3v) is 7.79. The van der Waals surface area contributed by atoms with Gasteiger partial charge in [0.15, 0.2) is 0 Å². The smallest absolute Gasteiger partial charge is 0.407 e. The fraction of sp³-hybridized carbons (Fsp3) is 0.222. The van der Waals surface area contributed by atoms with Crippen LogP contribution in [0.2, 0.25) is 0 Å². The first kappa shape index (κ1) is 24.6. The van der Waals surface area contributed by atoms with Crippen molar-refractivity contribution in [1.82, 2.24) is 20.2 Å². The molecule has 5 heterocycles. The zero-order valence-electron chi connectivity index (χ0n) is 20.9. The van der Waals surface area contributed by atoms with Crippen molar-refractivity contribution in [3.8, 4) is 11.5 Å². The van der Waals surface area contributed by atoms with E-state index >= 15 is 0 Å². The number of carbonyl (C=O) groups excluding carboxylic acids is 2. The number of thiophene rings is 1. The van der Waals surface area contributed by atoms with Crippen LogP contribution in [0, 0.1) is 6.92 Å². The Morgan fingerprint density at radius 3 is 2.77 bits per heavy atom. The van der Waals surface area contributed by atoms with Gasteiger partial charge in [0.25, 0.3) is 5.91 Å². The summed E-state index contributed by atoms with van der Waals surface area (Å²) in [5.41, 5.74) is 1.68. The minimum atomic E-state index is -1.00. The van der Waals surface area contributed by atoms with Crippen LogP contribution in [0.5, 0.6) is 11.5 Å². The maximum Gasteiger partial charge on any atom is 0.407 e. The molecule has 2 aliphatic heterocycles. The number of amides is 4. The molecule has 6 rings (SSSR count). The van der Waals surface area contributed by atoms with Crippen LogP contribution >= 0.6 is 11.3 Å². The number of benzene rings is 1. The number of pyridine rings is 2. The second kappa shape index (κ2) is 9.87. The number of rotatable bonds is 5. The van der Waals surface area contributed by atoms with Crippen molar-refractivity contribution in [2.75, 3.05) is 23.3 Å². The van der Waals surface area contributed by atoms with Gasteiger partial charge in [0, 0.05) is 25.3 Å². The number of nitrogens with one attached hydrogen (secondary N) is 2. The Balaban J connectivity index is 1.30. The summed E-state index contributed by atoms with van der Waals surface area (Å²) in [5.74, 6) is 1.27. The van der Waals surface area contributed by atoms with Crippen molar-refractivity contribution in [2.45, 2.75) is 25.8 Å². The predicted octanol–water partition coefficient (Wildman–Crippen LogP) is 5.35. The average molecular weight is 545 g/mol. The van der Waals surface area contributed by atoms with Crippen LogP contribution in [0.4, 0.5) is 26.8 Å². The van der Waals surface area contributed by atoms with E-state index in [1.54, 1.807) is 18.5 Å². The lowest BCUT2D eigenvalue weighted by Crippen LogP contribution is -2.49. The molecule has 3 aromatic heterocycles. The Hall–Kier alpha value is -4.71. The number of piperidine rings is 1. The molecule has 1 atom stereocenters. The van der Waals surface area contributed by atoms with Crippen molar-refractivity contribution < 1.29 is 24.2 Å². The van der Waals surface area contributed by atoms with Crippen LogP contribution in [0.1, 0.15) is 28.1 Å². The van der Waals surface area contributed by atoms with Crippen LogP contribution in [-0.4, -0.2) is 57.1 Å². The molecule has 0 spiro atoms. The fourth-order valence-corrected chi connectivity index (χ4v) is 5.95. The predicted molar refractivity (Wildman–Crippen MR) is 146 cm³/mol. The number of hydrogen-bond donors (Lipinski definition) is 3. The van der Waals surface area contributed by atoms with E-state index in [9.17, 15) is 19.5 Å². The van der Waals surface area contributed by atoms with Crippen molar-refractivity contribution in [3.63, 3.8) is 0 Å². The van der Waals surface area contributed by atoms with E-state index in [1.165, 1.54) is 21.1 Å². The van der Waals surface area contributed by atoms with E-state index in [0.717, 1.165) is 5.56 Å². The molecular weight excluding hydrogens is 520 g/mol. The Morgan fingerprint density at radius 2 is 2.00 bits per heavy atom. The van der Waals surface area contributed by atoms with Crippen LogP contribution in [0.15, 0.2) is 54.9 Å². The molecule has 12 heteroatoms. The highest BCUT2D eigenvalue weighted by atomic mass is 32.1. The maximum absolute atomic E-state index is 13.4. The van der Waals surface area contributed by atoms with Crippen molar-refractivity contribution in [2.24, 2.45) is 0 Å². The SMILES string of the molecule is Cc1cc(Oc2ccccc2)cnc1N1C(=O)Nc2c(C(=O)NC3CCCN(C(=O)O)C3)sc3nccc1c23. The Morgan fingerprint density at radius 1 is 1.18 bits per heavy atom. The molecule has 0 aliphatic carbocycles. The van der Waals surface area contributed by atoms with Crippen molar-refractivity contribution >= 4 is 56.8 Å². The van der Waals surface area contributed by atoms with Gasteiger partial charge in [-0.15, -0.1) is 11.3 Å². The van der Waals surface area contributed by atoms with Gasteiger partial charge < -0.3 is 25.4 Å². The van der Waals surface area contributed by atoms with Gasteiger partial charge in [-0.2, -0.15) is 0 Å². The average Bonchev–Trinajstić information content (AvgIpc) is 3.30. The van der Waals surface area contributed by atoms with Crippen LogP contribution < -0.4 is 20.3 Å². The molecule has 1 saturated heterocycles. The molecule has 2 aliphatic rings. The van der Waals surface area contributed by atoms with Gasteiger partial charge in [-0.1, -0.05) is 18.2 Å². The maximum atomic E-state index is 13.4. The van der Waals surface area contributed by atoms with Gasteiger partial charge in [0.1, 0.15) is 27.0 Å². The summed E-state index contributed by atoms with van der Waals surface area (Å²) in [6, 6.07) is 12.1. The molecule has 4 amide bonds. The fourth-order valence-electron chi connectivity index (χ4n) is 4.93. The van der Waals surface area contributed by atoms with Crippen molar-refractivity contribution in [3.05, 3.63) is 65.3 Å². The molecule has 4 aromatic rings. The van der Waals surface area contributed by atoms with Gasteiger partial charge in [0.2, 0.25) is 0 Å². The number of ether oxygens (including phenoxy) is 1. The van der Waals surface area contributed by atoms with E-state index in [4.69, 9.17) is 4.74 Å². The first-order valence-corrected chi connectivity index (χ1v) is 13.2. The minimum absolute atomic E-state index is 0.222. The highest BCUT2D eigenvalue weighted by Gasteiger charge is 2.35. The highest BCUT2D eigenvalue weighted by molar-refractivity contribution is 7.21. The summed E-state index contributed by atoms with van der Waals surface area (Å²) in [4.78, 5) is 50.8. The highest BCUT2D eigenvalue weighted by Crippen LogP contribution is 2.46. The van der Waals surface area contributed by atoms with E-state index in [1.807, 2.05) is 43.3 Å². The Kier molecular flexibility index (Phi) is 6.23. The van der Waals surface area contributed by atoms with Gasteiger partial charge in [-0.25, -0.2) is 24.5 Å². The Labute approximate surface area is 227 Å². The number of hydrogen-bond acceptors (Lipinski definition) is 7. The van der Waals surface area contributed by atoms with E-state index in [-0.39, 0.29) is 18.5 Å². The molecule has 1 aromatic carbocycles. The molecule has 1 fully saturated rings. The molecule has 0 saturated carbocycles. The summed E-state index contributed by atoms with van der Waals surface area (Å²) in [7, 11) is 0.